The van der Waals surface area contributed by atoms with Crippen molar-refractivity contribution in [3.8, 4) is 0 Å². The second-order valence-corrected chi connectivity index (χ2v) is 6.57. The minimum absolute atomic E-state index is 0.0356. The summed E-state index contributed by atoms with van der Waals surface area (Å²) in [7, 11) is 0. The molecule has 2 amide bonds. The highest BCUT2D eigenvalue weighted by atomic mass is 16.5. The number of anilines is 1. The number of fused-ring (bicyclic) bond motifs is 2. The van der Waals surface area contributed by atoms with Crippen molar-refractivity contribution in [1.29, 1.82) is 0 Å². The highest BCUT2D eigenvalue weighted by Crippen LogP contribution is 2.16. The van der Waals surface area contributed by atoms with Crippen LogP contribution in [-0.4, -0.2) is 60.6 Å². The molecule has 0 bridgehead atoms. The predicted molar refractivity (Wildman–Crippen MR) is 109 cm³/mol. The standard InChI is InChI=1S/C19H18N8O4/c1-10(18(29)25-17-15-16(22-8-21-15)23-9-24-17)31-13(28)6-7-20-19(30)14-11-4-2-3-5-12(11)26-27-14/h2-5,8-10H,6-7H2,1H3,(H,20,30)(H,26,27)(H2,21,22,23,24,25,29). The molecule has 0 radical (unpaired) electrons. The van der Waals surface area contributed by atoms with Gasteiger partial charge in [0.05, 0.1) is 18.3 Å². The van der Waals surface area contributed by atoms with Crippen LogP contribution < -0.4 is 10.6 Å². The molecule has 0 spiro atoms. The van der Waals surface area contributed by atoms with Crippen LogP contribution in [0.3, 0.4) is 0 Å². The zero-order valence-electron chi connectivity index (χ0n) is 16.4. The number of carbonyl (C=O) groups excluding carboxylic acids is 3. The van der Waals surface area contributed by atoms with E-state index in [1.54, 1.807) is 12.1 Å². The average molecular weight is 422 g/mol. The number of amides is 2. The first-order chi connectivity index (χ1) is 15.0. The van der Waals surface area contributed by atoms with E-state index >= 15 is 0 Å². The molecule has 0 saturated heterocycles. The van der Waals surface area contributed by atoms with Gasteiger partial charge in [0, 0.05) is 11.9 Å². The zero-order chi connectivity index (χ0) is 21.8. The Balaban J connectivity index is 1.26. The van der Waals surface area contributed by atoms with Crippen molar-refractivity contribution in [3.63, 3.8) is 0 Å². The Morgan fingerprint density at radius 2 is 2.00 bits per heavy atom. The number of esters is 1. The van der Waals surface area contributed by atoms with Crippen molar-refractivity contribution in [1.82, 2.24) is 35.5 Å². The van der Waals surface area contributed by atoms with Crippen LogP contribution in [0.4, 0.5) is 5.82 Å². The number of imidazole rings is 1. The summed E-state index contributed by atoms with van der Waals surface area (Å²) >= 11 is 0. The van der Waals surface area contributed by atoms with Crippen LogP contribution in [-0.2, 0) is 14.3 Å². The third-order valence-electron chi connectivity index (χ3n) is 4.44. The second kappa shape index (κ2) is 8.57. The van der Waals surface area contributed by atoms with Crippen LogP contribution in [0.1, 0.15) is 23.8 Å². The molecule has 158 valence electrons. The molecule has 12 heteroatoms. The minimum Gasteiger partial charge on any atom is -0.452 e. The number of benzene rings is 1. The lowest BCUT2D eigenvalue weighted by Gasteiger charge is -2.13. The molecule has 31 heavy (non-hydrogen) atoms. The minimum atomic E-state index is -1.06. The van der Waals surface area contributed by atoms with Crippen LogP contribution in [0.5, 0.6) is 0 Å². The lowest BCUT2D eigenvalue weighted by molar-refractivity contribution is -0.153. The second-order valence-electron chi connectivity index (χ2n) is 6.57. The third kappa shape index (κ3) is 4.32. The fourth-order valence-corrected chi connectivity index (χ4v) is 2.89. The number of ether oxygens (including phenoxy) is 1. The van der Waals surface area contributed by atoms with Crippen molar-refractivity contribution < 1.29 is 19.1 Å². The Kier molecular flexibility index (Phi) is 5.51. The topological polar surface area (TPSA) is 168 Å². The number of rotatable bonds is 7. The number of H-pyrrole nitrogens is 2. The number of para-hydroxylation sites is 1. The van der Waals surface area contributed by atoms with Gasteiger partial charge in [-0.05, 0) is 13.0 Å². The number of hydrogen-bond donors (Lipinski definition) is 4. The summed E-state index contributed by atoms with van der Waals surface area (Å²) in [6, 6.07) is 7.22. The lowest BCUT2D eigenvalue weighted by Crippen LogP contribution is -2.32. The third-order valence-corrected chi connectivity index (χ3v) is 4.44. The molecular formula is C19H18N8O4. The van der Waals surface area contributed by atoms with Crippen molar-refractivity contribution in [2.75, 3.05) is 11.9 Å². The Bertz CT molecular complexity index is 1260. The van der Waals surface area contributed by atoms with Gasteiger partial charge in [0.15, 0.2) is 23.3 Å². The summed E-state index contributed by atoms with van der Waals surface area (Å²) in [6.07, 6.45) is 1.52. The van der Waals surface area contributed by atoms with E-state index < -0.39 is 23.9 Å². The van der Waals surface area contributed by atoms with Crippen molar-refractivity contribution >= 4 is 45.7 Å². The average Bonchev–Trinajstić information content (AvgIpc) is 3.41. The largest absolute Gasteiger partial charge is 0.452 e. The molecule has 0 aliphatic heterocycles. The van der Waals surface area contributed by atoms with Gasteiger partial charge in [-0.3, -0.25) is 19.5 Å². The Morgan fingerprint density at radius 3 is 2.87 bits per heavy atom. The molecule has 12 nitrogen and oxygen atoms in total. The first-order valence-electron chi connectivity index (χ1n) is 9.38. The summed E-state index contributed by atoms with van der Waals surface area (Å²) in [5.41, 5.74) is 1.84. The van der Waals surface area contributed by atoms with Crippen LogP contribution in [0.15, 0.2) is 36.9 Å². The van der Waals surface area contributed by atoms with Crippen LogP contribution in [0, 0.1) is 0 Å². The number of aromatic nitrogens is 6. The molecule has 0 aliphatic rings. The van der Waals surface area contributed by atoms with Crippen LogP contribution >= 0.6 is 0 Å². The molecule has 4 N–H and O–H groups in total. The summed E-state index contributed by atoms with van der Waals surface area (Å²) in [4.78, 5) is 51.4. The predicted octanol–water partition coefficient (Wildman–Crippen LogP) is 0.919. The summed E-state index contributed by atoms with van der Waals surface area (Å²) < 4.78 is 5.13. The molecule has 1 unspecified atom stereocenters. The quantitative estimate of drug-likeness (QED) is 0.319. The molecular weight excluding hydrogens is 404 g/mol. The zero-order valence-corrected chi connectivity index (χ0v) is 16.4. The van der Waals surface area contributed by atoms with Crippen molar-refractivity contribution in [2.45, 2.75) is 19.4 Å². The van der Waals surface area contributed by atoms with Gasteiger partial charge in [0.25, 0.3) is 11.8 Å². The van der Waals surface area contributed by atoms with E-state index in [0.29, 0.717) is 16.6 Å². The van der Waals surface area contributed by atoms with Crippen molar-refractivity contribution in [2.24, 2.45) is 0 Å². The van der Waals surface area contributed by atoms with E-state index in [0.717, 1.165) is 5.52 Å². The fraction of sp³-hybridized carbons (Fsp3) is 0.211. The van der Waals surface area contributed by atoms with E-state index in [1.165, 1.54) is 19.6 Å². The van der Waals surface area contributed by atoms with E-state index in [2.05, 4.69) is 40.8 Å². The molecule has 1 atom stereocenters. The normalized spacial score (nSPS) is 11.9. The molecule has 4 rings (SSSR count). The highest BCUT2D eigenvalue weighted by Gasteiger charge is 2.20. The lowest BCUT2D eigenvalue weighted by atomic mass is 10.2. The van der Waals surface area contributed by atoms with Gasteiger partial charge in [-0.2, -0.15) is 5.10 Å². The fourth-order valence-electron chi connectivity index (χ4n) is 2.89. The number of nitrogens with one attached hydrogen (secondary N) is 4. The van der Waals surface area contributed by atoms with Gasteiger partial charge in [0.2, 0.25) is 0 Å². The molecule has 3 heterocycles. The van der Waals surface area contributed by atoms with Crippen LogP contribution in [0.25, 0.3) is 22.1 Å². The first kappa shape index (κ1) is 19.9. The molecule has 1 aromatic carbocycles. The summed E-state index contributed by atoms with van der Waals surface area (Å²) in [6.45, 7) is 1.47. The van der Waals surface area contributed by atoms with Gasteiger partial charge >= 0.3 is 5.97 Å². The summed E-state index contributed by atoms with van der Waals surface area (Å²) in [5.74, 6) is -1.38. The van der Waals surface area contributed by atoms with Gasteiger partial charge in [-0.25, -0.2) is 15.0 Å². The maximum atomic E-state index is 12.3. The molecule has 0 aliphatic carbocycles. The Labute approximate surface area is 174 Å². The number of hydrogen-bond acceptors (Lipinski definition) is 8. The van der Waals surface area contributed by atoms with Gasteiger partial charge in [-0.15, -0.1) is 0 Å². The molecule has 3 aromatic heterocycles. The SMILES string of the molecule is CC(OC(=O)CCNC(=O)c1n[nH]c2ccccc12)C(=O)Nc1ncnc2nc[nH]c12. The summed E-state index contributed by atoms with van der Waals surface area (Å²) in [5, 5.41) is 12.6. The maximum Gasteiger partial charge on any atom is 0.308 e. The van der Waals surface area contributed by atoms with Gasteiger partial charge < -0.3 is 20.4 Å². The monoisotopic (exact) mass is 422 g/mol. The van der Waals surface area contributed by atoms with Gasteiger partial charge in [0.1, 0.15) is 11.8 Å². The Hall–Kier alpha value is -4.35. The smallest absolute Gasteiger partial charge is 0.308 e. The van der Waals surface area contributed by atoms with Crippen molar-refractivity contribution in [3.05, 3.63) is 42.6 Å². The van der Waals surface area contributed by atoms with E-state index in [1.807, 2.05) is 12.1 Å². The van der Waals surface area contributed by atoms with E-state index in [4.69, 9.17) is 4.74 Å². The van der Waals surface area contributed by atoms with Crippen LogP contribution in [0.2, 0.25) is 0 Å². The molecule has 0 saturated carbocycles. The first-order valence-corrected chi connectivity index (χ1v) is 9.38. The van der Waals surface area contributed by atoms with E-state index in [9.17, 15) is 14.4 Å². The maximum absolute atomic E-state index is 12.3. The van der Waals surface area contributed by atoms with E-state index in [-0.39, 0.29) is 24.5 Å². The highest BCUT2D eigenvalue weighted by molar-refractivity contribution is 6.04. The Morgan fingerprint density at radius 1 is 1.16 bits per heavy atom. The number of aromatic amines is 2. The molecule has 4 aromatic rings. The van der Waals surface area contributed by atoms with Gasteiger partial charge in [-0.1, -0.05) is 18.2 Å². The number of carbonyl (C=O) groups is 3. The number of nitrogens with zero attached hydrogens (tertiary/aromatic N) is 4. The molecule has 0 fully saturated rings.